The van der Waals surface area contributed by atoms with Crippen molar-refractivity contribution >= 4 is 23.2 Å². The highest BCUT2D eigenvalue weighted by molar-refractivity contribution is 6.22. The summed E-state index contributed by atoms with van der Waals surface area (Å²) in [7, 11) is 0. The zero-order valence-electron chi connectivity index (χ0n) is 7.32. The maximum atomic E-state index is 6.01. The second-order valence-corrected chi connectivity index (χ2v) is 3.56. The van der Waals surface area contributed by atoms with E-state index >= 15 is 0 Å². The topological polar surface area (TPSA) is 3.24 Å². The van der Waals surface area contributed by atoms with Crippen LogP contribution in [0.2, 0.25) is 0 Å². The Labute approximate surface area is 79.7 Å². The third-order valence-electron chi connectivity index (χ3n) is 1.77. The number of hydrogen-bond donors (Lipinski definition) is 0. The van der Waals surface area contributed by atoms with Crippen LogP contribution in [0.4, 0.5) is 0 Å². The molecule has 0 heterocycles. The minimum Gasteiger partial charge on any atom is -0.302 e. The van der Waals surface area contributed by atoms with Crippen molar-refractivity contribution in [3.63, 3.8) is 0 Å². The molecule has 3 heteroatoms. The van der Waals surface area contributed by atoms with Crippen molar-refractivity contribution < 1.29 is 0 Å². The SMILES string of the molecule is CCN(CC)CC(Cl)CCCl. The molecule has 0 fully saturated rings. The highest BCUT2D eigenvalue weighted by atomic mass is 35.5. The lowest BCUT2D eigenvalue weighted by Gasteiger charge is -2.20. The first kappa shape index (κ1) is 11.5. The van der Waals surface area contributed by atoms with Gasteiger partial charge in [-0.3, -0.25) is 0 Å². The van der Waals surface area contributed by atoms with Crippen molar-refractivity contribution in [2.24, 2.45) is 0 Å². The van der Waals surface area contributed by atoms with E-state index in [1.165, 1.54) is 0 Å². The Kier molecular flexibility index (Phi) is 7.56. The molecule has 0 saturated heterocycles. The van der Waals surface area contributed by atoms with E-state index in [0.29, 0.717) is 5.88 Å². The van der Waals surface area contributed by atoms with Gasteiger partial charge in [-0.15, -0.1) is 23.2 Å². The van der Waals surface area contributed by atoms with Crippen LogP contribution >= 0.6 is 23.2 Å². The first-order valence-electron chi connectivity index (χ1n) is 4.16. The van der Waals surface area contributed by atoms with Crippen LogP contribution < -0.4 is 0 Å². The molecule has 0 saturated carbocycles. The van der Waals surface area contributed by atoms with Gasteiger partial charge >= 0.3 is 0 Å². The summed E-state index contributed by atoms with van der Waals surface area (Å²) in [6, 6.07) is 0. The number of alkyl halides is 2. The molecule has 0 aromatic carbocycles. The highest BCUT2D eigenvalue weighted by Crippen LogP contribution is 2.05. The van der Waals surface area contributed by atoms with Gasteiger partial charge in [0, 0.05) is 17.8 Å². The predicted molar refractivity (Wildman–Crippen MR) is 52.8 cm³/mol. The van der Waals surface area contributed by atoms with Gasteiger partial charge in [0.05, 0.1) is 0 Å². The van der Waals surface area contributed by atoms with Gasteiger partial charge in [0.2, 0.25) is 0 Å². The number of nitrogens with zero attached hydrogens (tertiary/aromatic N) is 1. The zero-order chi connectivity index (χ0) is 8.69. The molecule has 1 unspecified atom stereocenters. The van der Waals surface area contributed by atoms with Gasteiger partial charge in [-0.2, -0.15) is 0 Å². The second kappa shape index (κ2) is 7.20. The summed E-state index contributed by atoms with van der Waals surface area (Å²) in [5, 5.41) is 0.215. The molecule has 68 valence electrons. The molecule has 0 bridgehead atoms. The smallest absolute Gasteiger partial charge is 0.0474 e. The Morgan fingerprint density at radius 2 is 1.82 bits per heavy atom. The van der Waals surface area contributed by atoms with E-state index < -0.39 is 0 Å². The molecule has 0 aromatic rings. The van der Waals surface area contributed by atoms with Crippen molar-refractivity contribution in [2.45, 2.75) is 25.6 Å². The molecule has 0 spiro atoms. The van der Waals surface area contributed by atoms with Crippen molar-refractivity contribution in [1.29, 1.82) is 0 Å². The third-order valence-corrected chi connectivity index (χ3v) is 2.35. The minimum absolute atomic E-state index is 0.215. The fourth-order valence-electron chi connectivity index (χ4n) is 0.972. The number of hydrogen-bond acceptors (Lipinski definition) is 1. The van der Waals surface area contributed by atoms with E-state index in [2.05, 4.69) is 18.7 Å². The van der Waals surface area contributed by atoms with Gasteiger partial charge in [0.15, 0.2) is 0 Å². The summed E-state index contributed by atoms with van der Waals surface area (Å²) in [4.78, 5) is 2.31. The summed E-state index contributed by atoms with van der Waals surface area (Å²) in [5.41, 5.74) is 0. The second-order valence-electron chi connectivity index (χ2n) is 2.56. The lowest BCUT2D eigenvalue weighted by molar-refractivity contribution is 0.301. The monoisotopic (exact) mass is 197 g/mol. The predicted octanol–water partition coefficient (Wildman–Crippen LogP) is 2.56. The van der Waals surface area contributed by atoms with Gasteiger partial charge < -0.3 is 4.90 Å². The molecular weight excluding hydrogens is 181 g/mol. The Bertz CT molecular complexity index is 84.2. The maximum absolute atomic E-state index is 6.01. The van der Waals surface area contributed by atoms with Crippen LogP contribution in [-0.2, 0) is 0 Å². The normalized spacial score (nSPS) is 13.9. The highest BCUT2D eigenvalue weighted by Gasteiger charge is 2.07. The fraction of sp³-hybridized carbons (Fsp3) is 1.00. The van der Waals surface area contributed by atoms with E-state index in [0.717, 1.165) is 26.1 Å². The van der Waals surface area contributed by atoms with Crippen LogP contribution in [0.25, 0.3) is 0 Å². The molecule has 0 aromatic heterocycles. The molecule has 0 amide bonds. The first-order valence-corrected chi connectivity index (χ1v) is 5.14. The standard InChI is InChI=1S/C8H17Cl2N/c1-3-11(4-2)7-8(10)5-6-9/h8H,3-7H2,1-2H3. The van der Waals surface area contributed by atoms with Gasteiger partial charge in [-0.1, -0.05) is 13.8 Å². The van der Waals surface area contributed by atoms with Crippen LogP contribution in [0.1, 0.15) is 20.3 Å². The van der Waals surface area contributed by atoms with E-state index in [1.54, 1.807) is 0 Å². The number of rotatable bonds is 6. The van der Waals surface area contributed by atoms with Crippen LogP contribution in [0, 0.1) is 0 Å². The summed E-state index contributed by atoms with van der Waals surface area (Å²) in [6.45, 7) is 7.40. The maximum Gasteiger partial charge on any atom is 0.0474 e. The van der Waals surface area contributed by atoms with Crippen LogP contribution in [0.15, 0.2) is 0 Å². The average molecular weight is 198 g/mol. The van der Waals surface area contributed by atoms with Crippen molar-refractivity contribution in [2.75, 3.05) is 25.5 Å². The molecule has 0 aliphatic rings. The fourth-order valence-corrected chi connectivity index (χ4v) is 1.65. The van der Waals surface area contributed by atoms with Crippen molar-refractivity contribution in [3.05, 3.63) is 0 Å². The Balaban J connectivity index is 3.44. The molecular formula is C8H17Cl2N. The van der Waals surface area contributed by atoms with E-state index in [4.69, 9.17) is 23.2 Å². The molecule has 0 aliphatic carbocycles. The Hall–Kier alpha value is 0.540. The van der Waals surface area contributed by atoms with Gasteiger partial charge in [0.1, 0.15) is 0 Å². The average Bonchev–Trinajstić information content (AvgIpc) is 2.01. The van der Waals surface area contributed by atoms with Gasteiger partial charge in [-0.25, -0.2) is 0 Å². The number of halogens is 2. The summed E-state index contributed by atoms with van der Waals surface area (Å²) >= 11 is 11.6. The molecule has 11 heavy (non-hydrogen) atoms. The van der Waals surface area contributed by atoms with E-state index in [-0.39, 0.29) is 5.38 Å². The molecule has 0 aliphatic heterocycles. The van der Waals surface area contributed by atoms with Crippen molar-refractivity contribution in [1.82, 2.24) is 4.90 Å². The van der Waals surface area contributed by atoms with E-state index in [1.807, 2.05) is 0 Å². The molecule has 0 N–H and O–H groups in total. The molecule has 1 nitrogen and oxygen atoms in total. The molecule has 0 radical (unpaired) electrons. The lowest BCUT2D eigenvalue weighted by atomic mass is 10.3. The Morgan fingerprint density at radius 3 is 2.18 bits per heavy atom. The quantitative estimate of drug-likeness (QED) is 0.593. The van der Waals surface area contributed by atoms with Gasteiger partial charge in [-0.05, 0) is 19.5 Å². The minimum atomic E-state index is 0.215. The third kappa shape index (κ3) is 5.77. The van der Waals surface area contributed by atoms with Crippen LogP contribution in [0.3, 0.4) is 0 Å². The largest absolute Gasteiger partial charge is 0.302 e. The van der Waals surface area contributed by atoms with Crippen LogP contribution in [-0.4, -0.2) is 35.8 Å². The van der Waals surface area contributed by atoms with Gasteiger partial charge in [0.25, 0.3) is 0 Å². The lowest BCUT2D eigenvalue weighted by Crippen LogP contribution is -2.29. The van der Waals surface area contributed by atoms with Crippen molar-refractivity contribution in [3.8, 4) is 0 Å². The van der Waals surface area contributed by atoms with E-state index in [9.17, 15) is 0 Å². The summed E-state index contributed by atoms with van der Waals surface area (Å²) in [6.07, 6.45) is 0.902. The Morgan fingerprint density at radius 1 is 1.27 bits per heavy atom. The summed E-state index contributed by atoms with van der Waals surface area (Å²) < 4.78 is 0. The molecule has 0 rings (SSSR count). The zero-order valence-corrected chi connectivity index (χ0v) is 8.83. The summed E-state index contributed by atoms with van der Waals surface area (Å²) in [5.74, 6) is 0.662. The van der Waals surface area contributed by atoms with Crippen LogP contribution in [0.5, 0.6) is 0 Å². The molecule has 1 atom stereocenters. The first-order chi connectivity index (χ1) is 5.24.